The van der Waals surface area contributed by atoms with Crippen LogP contribution in [0.1, 0.15) is 154 Å². The zero-order valence-electron chi connectivity index (χ0n) is 45.5. The van der Waals surface area contributed by atoms with Crippen LogP contribution in [-0.2, 0) is 24.9 Å². The van der Waals surface area contributed by atoms with E-state index in [4.69, 9.17) is 5.48 Å². The number of carbonyl (C=O) groups excluding carboxylic acids is 1. The van der Waals surface area contributed by atoms with E-state index in [9.17, 15) is 18.7 Å². The van der Waals surface area contributed by atoms with E-state index in [1.165, 1.54) is 22.3 Å². The van der Waals surface area contributed by atoms with E-state index in [0.717, 1.165) is 90.4 Å². The summed E-state index contributed by atoms with van der Waals surface area (Å²) in [5.41, 5.74) is 14.8. The molecule has 0 bridgehead atoms. The van der Waals surface area contributed by atoms with Crippen LogP contribution in [-0.4, -0.2) is 26.8 Å². The van der Waals surface area contributed by atoms with Crippen LogP contribution >= 0.6 is 0 Å². The molecule has 65 heavy (non-hydrogen) atoms. The molecule has 0 saturated carbocycles. The van der Waals surface area contributed by atoms with E-state index in [1.54, 1.807) is 6.92 Å². The van der Waals surface area contributed by atoms with Crippen LogP contribution < -0.4 is 0 Å². The van der Waals surface area contributed by atoms with Crippen LogP contribution in [0.15, 0.2) is 72.7 Å². The number of alkyl halides is 2. The van der Waals surface area contributed by atoms with Gasteiger partial charge in [0.2, 0.25) is 5.92 Å². The van der Waals surface area contributed by atoms with Crippen molar-refractivity contribution in [3.8, 4) is 22.5 Å². The van der Waals surface area contributed by atoms with Crippen LogP contribution in [0, 0.1) is 79.4 Å². The minimum Gasteiger partial charge on any atom is -0.512 e. The first kappa shape index (κ1) is 48.4. The largest absolute Gasteiger partial charge is 0.512 e. The monoisotopic (exact) mass is 1060 g/mol. The maximum absolute atomic E-state index is 12.9. The second kappa shape index (κ2) is 23.7. The summed E-state index contributed by atoms with van der Waals surface area (Å²) in [5, 5.41) is 13.4. The standard InChI is InChI=1S/2C22H24N.C14H24F2O2.Ir/c2*1-13(2)21-16(5)12-20-19(17(21)6)7-8-23-22(20)18-10-14(3)9-15(4)11-18;1-5-10(6-2)12(17)8-13(18)11(7-3)9-14(4,15)16;/h2*7-10,12-13H,1-6H3;8,10-11,18H,5-7,9H2,1-4H3;/q2*-1;;/b;;13-8-;/i2*7D,8D;;. The van der Waals surface area contributed by atoms with Gasteiger partial charge in [0.05, 0.1) is 11.2 Å². The third-order valence-electron chi connectivity index (χ3n) is 12.0. The van der Waals surface area contributed by atoms with E-state index in [-0.39, 0.29) is 62.0 Å². The molecule has 4 nitrogen and oxygen atoms in total. The third-order valence-corrected chi connectivity index (χ3v) is 12.0. The Balaban J connectivity index is 0.000000277. The molecule has 0 amide bonds. The minimum atomic E-state index is -2.83. The number of aliphatic hydroxyl groups excluding tert-OH is 1. The summed E-state index contributed by atoms with van der Waals surface area (Å²) in [6.45, 7) is 31.6. The van der Waals surface area contributed by atoms with Gasteiger partial charge in [-0.2, -0.15) is 0 Å². The maximum Gasteiger partial charge on any atom is 0.246 e. The topological polar surface area (TPSA) is 63.1 Å². The molecule has 2 heterocycles. The summed E-state index contributed by atoms with van der Waals surface area (Å²) in [6, 6.07) is 19.7. The van der Waals surface area contributed by atoms with Crippen molar-refractivity contribution in [3.63, 3.8) is 0 Å². The Morgan fingerprint density at radius 1 is 0.677 bits per heavy atom. The van der Waals surface area contributed by atoms with Gasteiger partial charge in [-0.3, -0.25) is 4.79 Å². The molecule has 0 aliphatic carbocycles. The van der Waals surface area contributed by atoms with E-state index < -0.39 is 18.3 Å². The Kier molecular flexibility index (Phi) is 17.7. The molecule has 6 rings (SSSR count). The van der Waals surface area contributed by atoms with Crippen molar-refractivity contribution < 1.29 is 44.3 Å². The fourth-order valence-electron chi connectivity index (χ4n) is 9.29. The Hall–Kier alpha value is -4.58. The predicted molar refractivity (Wildman–Crippen MR) is 267 cm³/mol. The number of pyridine rings is 2. The molecule has 1 N–H and O–H groups in total. The minimum absolute atomic E-state index is 0. The molecule has 1 radical (unpaired) electrons. The van der Waals surface area contributed by atoms with Crippen molar-refractivity contribution in [3.05, 3.63) is 140 Å². The van der Waals surface area contributed by atoms with Gasteiger partial charge in [0.15, 0.2) is 5.78 Å². The van der Waals surface area contributed by atoms with Crippen molar-refractivity contribution in [1.82, 2.24) is 9.97 Å². The summed E-state index contributed by atoms with van der Waals surface area (Å²) in [4.78, 5) is 20.7. The number of fused-ring (bicyclic) bond motifs is 2. The van der Waals surface area contributed by atoms with Crippen LogP contribution in [0.2, 0.25) is 0 Å². The van der Waals surface area contributed by atoms with E-state index >= 15 is 0 Å². The van der Waals surface area contributed by atoms with Gasteiger partial charge in [-0.1, -0.05) is 88.3 Å². The summed E-state index contributed by atoms with van der Waals surface area (Å²) in [6.07, 6.45) is 2.54. The molecule has 351 valence electrons. The third kappa shape index (κ3) is 14.0. The van der Waals surface area contributed by atoms with Crippen LogP contribution in [0.4, 0.5) is 8.78 Å². The Morgan fingerprint density at radius 3 is 1.38 bits per heavy atom. The van der Waals surface area contributed by atoms with E-state index in [0.29, 0.717) is 31.1 Å². The molecule has 0 fully saturated rings. The van der Waals surface area contributed by atoms with Crippen molar-refractivity contribution >= 4 is 27.3 Å². The average Bonchev–Trinajstić information content (AvgIpc) is 3.21. The number of hydrogen-bond donors (Lipinski definition) is 1. The number of rotatable bonds is 12. The van der Waals surface area contributed by atoms with Gasteiger partial charge >= 0.3 is 0 Å². The fourth-order valence-corrected chi connectivity index (χ4v) is 9.29. The number of benzene rings is 4. The first-order valence-corrected chi connectivity index (χ1v) is 22.8. The Bertz CT molecular complexity index is 2640. The number of aliphatic hydroxyl groups is 1. The number of hydrogen-bond acceptors (Lipinski definition) is 4. The number of aryl methyl sites for hydroxylation is 8. The average molecular weight is 1060 g/mol. The molecule has 2 aromatic heterocycles. The van der Waals surface area contributed by atoms with E-state index in [2.05, 4.69) is 128 Å². The van der Waals surface area contributed by atoms with Crippen molar-refractivity contribution in [2.24, 2.45) is 11.8 Å². The molecule has 1 atom stereocenters. The molecule has 0 spiro atoms. The molecule has 1 unspecified atom stereocenters. The van der Waals surface area contributed by atoms with Gasteiger partial charge in [-0.15, -0.1) is 69.8 Å². The number of ketones is 1. The molecular weight excluding hydrogens is 987 g/mol. The Morgan fingerprint density at radius 2 is 1.06 bits per heavy atom. The van der Waals surface area contributed by atoms with Gasteiger partial charge in [-0.05, 0) is 144 Å². The van der Waals surface area contributed by atoms with Gasteiger partial charge in [0.1, 0.15) is 0 Å². The summed E-state index contributed by atoms with van der Waals surface area (Å²) >= 11 is 0. The number of nitrogens with zero attached hydrogens (tertiary/aromatic N) is 2. The molecular formula is C58H72F2IrN2O2-2. The number of carbonyl (C=O) groups is 1. The summed E-state index contributed by atoms with van der Waals surface area (Å²) in [5.74, 6) is -3.24. The zero-order valence-corrected chi connectivity index (χ0v) is 43.9. The van der Waals surface area contributed by atoms with Crippen molar-refractivity contribution in [2.75, 3.05) is 0 Å². The number of allylic oxidation sites excluding steroid dienone is 2. The van der Waals surface area contributed by atoms with E-state index in [1.807, 2.05) is 27.7 Å². The number of halogens is 2. The van der Waals surface area contributed by atoms with Crippen LogP contribution in [0.5, 0.6) is 0 Å². The quantitative estimate of drug-likeness (QED) is 0.0754. The first-order chi connectivity index (χ1) is 31.6. The van der Waals surface area contributed by atoms with Crippen LogP contribution in [0.25, 0.3) is 44.1 Å². The van der Waals surface area contributed by atoms with Gasteiger partial charge in [-0.25, -0.2) is 8.78 Å². The first-order valence-electron chi connectivity index (χ1n) is 24.8. The summed E-state index contributed by atoms with van der Waals surface area (Å²) in [7, 11) is 0. The molecule has 7 heteroatoms. The molecule has 6 aromatic rings. The Labute approximate surface area is 408 Å². The predicted octanol–water partition coefficient (Wildman–Crippen LogP) is 16.6. The maximum atomic E-state index is 12.9. The SMILES string of the molecule is CCC(CC)C(=O)/C=C(\O)C(CC)CC(C)(F)F.[2H]c1nc(-c2[c-]c(C)cc(C)c2)c2cc(C)c(C(C)C)c(C)c2c1[2H].[2H]c1nc(-c2[c-]c(C)cc(C)c2)c2cc(C)c(C(C)C)c(C)c2c1[2H].[Ir]. The smallest absolute Gasteiger partial charge is 0.246 e. The van der Waals surface area contributed by atoms with Gasteiger partial charge in [0, 0.05) is 56.8 Å². The van der Waals surface area contributed by atoms with Gasteiger partial charge in [0.25, 0.3) is 0 Å². The fraction of sp³-hybridized carbons (Fsp3) is 0.431. The summed E-state index contributed by atoms with van der Waals surface area (Å²) < 4.78 is 59.1. The van der Waals surface area contributed by atoms with Crippen LogP contribution in [0.3, 0.4) is 0 Å². The normalized spacial score (nSPS) is 13.1. The zero-order chi connectivity index (χ0) is 51.3. The number of aromatic nitrogens is 2. The van der Waals surface area contributed by atoms with Crippen molar-refractivity contribution in [1.29, 1.82) is 0 Å². The molecule has 0 aliphatic heterocycles. The molecule has 0 aliphatic rings. The second-order valence-corrected chi connectivity index (χ2v) is 18.4. The second-order valence-electron chi connectivity index (χ2n) is 18.4. The van der Waals surface area contributed by atoms with Crippen molar-refractivity contribution in [2.45, 2.75) is 154 Å². The van der Waals surface area contributed by atoms with Gasteiger partial charge < -0.3 is 15.1 Å². The molecule has 4 aromatic carbocycles. The molecule has 0 saturated heterocycles.